The molecule has 1 saturated heterocycles. The first kappa shape index (κ1) is 43.3. The molecule has 3 atom stereocenters. The highest BCUT2D eigenvalue weighted by atomic mass is 33.1. The van der Waals surface area contributed by atoms with Gasteiger partial charge >= 0.3 is 11.9 Å². The van der Waals surface area contributed by atoms with Gasteiger partial charge in [0.15, 0.2) is 0 Å². The number of thioether (sulfide) groups is 3. The van der Waals surface area contributed by atoms with Crippen LogP contribution in [-0.4, -0.2) is 102 Å². The first-order chi connectivity index (χ1) is 21.7. The number of esters is 2. The molecule has 0 bridgehead atoms. The second-order valence-corrected chi connectivity index (χ2v) is 19.3. The molecule has 0 aliphatic carbocycles. The third kappa shape index (κ3) is 18.1. The topological polar surface area (TPSA) is 146 Å². The third-order valence-electron chi connectivity index (χ3n) is 6.51. The van der Waals surface area contributed by atoms with Gasteiger partial charge in [0.2, 0.25) is 11.8 Å². The molecule has 1 aliphatic rings. The predicted molar refractivity (Wildman–Crippen MR) is 201 cm³/mol. The number of aliphatic hydroxyl groups is 1. The lowest BCUT2D eigenvalue weighted by atomic mass is 9.78. The molecule has 2 amide bonds. The van der Waals surface area contributed by atoms with Gasteiger partial charge in [0.1, 0.15) is 21.1 Å². The van der Waals surface area contributed by atoms with Crippen LogP contribution in [0.5, 0.6) is 0 Å². The van der Waals surface area contributed by atoms with Crippen molar-refractivity contribution in [1.29, 1.82) is 5.26 Å². The summed E-state index contributed by atoms with van der Waals surface area (Å²) in [6, 6.07) is 2.28. The lowest BCUT2D eigenvalue weighted by Crippen LogP contribution is -2.47. The molecule has 260 valence electrons. The second kappa shape index (κ2) is 23.6. The molecule has 1 rings (SSSR count). The molecule has 2 N–H and O–H groups in total. The lowest BCUT2D eigenvalue weighted by Gasteiger charge is -2.34. The van der Waals surface area contributed by atoms with Gasteiger partial charge in [-0.05, 0) is 52.2 Å². The van der Waals surface area contributed by atoms with E-state index < -0.39 is 22.2 Å². The van der Waals surface area contributed by atoms with Crippen molar-refractivity contribution in [2.75, 3.05) is 49.3 Å². The Morgan fingerprint density at radius 3 is 2.26 bits per heavy atom. The summed E-state index contributed by atoms with van der Waals surface area (Å²) in [5.41, 5.74) is -0.990. The van der Waals surface area contributed by atoms with Crippen molar-refractivity contribution in [1.82, 2.24) is 10.2 Å². The van der Waals surface area contributed by atoms with E-state index in [1.807, 2.05) is 6.92 Å². The molecule has 1 heterocycles. The van der Waals surface area contributed by atoms with Crippen molar-refractivity contribution in [2.24, 2.45) is 5.41 Å². The van der Waals surface area contributed by atoms with E-state index >= 15 is 0 Å². The highest BCUT2D eigenvalue weighted by molar-refractivity contribution is 8.76. The number of hydrogen-bond donors (Lipinski definition) is 2. The summed E-state index contributed by atoms with van der Waals surface area (Å²) in [7, 11) is 3.01. The number of unbranched alkanes of at least 4 members (excludes halogenated alkanes) is 1. The minimum Gasteiger partial charge on any atom is -0.465 e. The molecule has 1 fully saturated rings. The Morgan fingerprint density at radius 1 is 1.11 bits per heavy atom. The van der Waals surface area contributed by atoms with Crippen molar-refractivity contribution in [3.8, 4) is 6.07 Å². The van der Waals surface area contributed by atoms with Crippen LogP contribution in [0.3, 0.4) is 0 Å². The van der Waals surface area contributed by atoms with Gasteiger partial charge in [-0.15, -0.1) is 11.8 Å². The molecule has 46 heavy (non-hydrogen) atoms. The molecule has 0 radical (unpaired) electrons. The van der Waals surface area contributed by atoms with E-state index in [1.165, 1.54) is 56.9 Å². The van der Waals surface area contributed by atoms with Crippen LogP contribution in [0.2, 0.25) is 0 Å². The molecule has 0 spiro atoms. The van der Waals surface area contributed by atoms with Crippen LogP contribution in [0.4, 0.5) is 0 Å². The summed E-state index contributed by atoms with van der Waals surface area (Å²) >= 11 is 14.8. The smallest absolute Gasteiger partial charge is 0.305 e. The normalized spacial score (nSPS) is 16.1. The van der Waals surface area contributed by atoms with Crippen molar-refractivity contribution in [2.45, 2.75) is 83.5 Å². The van der Waals surface area contributed by atoms with Crippen LogP contribution in [0, 0.1) is 16.7 Å². The van der Waals surface area contributed by atoms with E-state index in [1.54, 1.807) is 25.7 Å². The number of nitrogens with zero attached hydrogens (tertiary/aromatic N) is 2. The van der Waals surface area contributed by atoms with Gasteiger partial charge in [0.25, 0.3) is 0 Å². The van der Waals surface area contributed by atoms with E-state index in [-0.39, 0.29) is 63.2 Å². The fourth-order valence-electron chi connectivity index (χ4n) is 4.17. The fraction of sp³-hybridized carbons (Fsp3) is 0.759. The second-order valence-electron chi connectivity index (χ2n) is 10.9. The Balaban J connectivity index is 2.28. The summed E-state index contributed by atoms with van der Waals surface area (Å²) in [4.78, 5) is 51.2. The van der Waals surface area contributed by atoms with Crippen LogP contribution >= 0.6 is 81.3 Å². The number of carbonyl (C=O) groups is 4. The summed E-state index contributed by atoms with van der Waals surface area (Å²) in [5, 5.41) is 22.3. The van der Waals surface area contributed by atoms with Gasteiger partial charge in [-0.1, -0.05) is 76.5 Å². The molecule has 0 aromatic rings. The zero-order chi connectivity index (χ0) is 34.6. The van der Waals surface area contributed by atoms with Crippen LogP contribution < -0.4 is 5.32 Å². The number of nitriles is 1. The Kier molecular flexibility index (Phi) is 22.2. The monoisotopic (exact) mass is 771 g/mol. The maximum absolute atomic E-state index is 13.1. The largest absolute Gasteiger partial charge is 0.465 e. The molecular formula is C29H45N3O7S7. The van der Waals surface area contributed by atoms with Gasteiger partial charge in [-0.3, -0.25) is 24.1 Å². The van der Waals surface area contributed by atoms with E-state index in [0.717, 1.165) is 11.5 Å². The van der Waals surface area contributed by atoms with Crippen LogP contribution in [0.25, 0.3) is 0 Å². The Bertz CT molecular complexity index is 1090. The number of hydrogen-bond acceptors (Lipinski definition) is 15. The first-order valence-electron chi connectivity index (χ1n) is 15.0. The summed E-state index contributed by atoms with van der Waals surface area (Å²) in [6.07, 6.45) is 1.53. The van der Waals surface area contributed by atoms with Gasteiger partial charge in [-0.2, -0.15) is 5.26 Å². The number of aliphatic hydroxyl groups excluding tert-OH is 1. The lowest BCUT2D eigenvalue weighted by molar-refractivity contribution is -0.144. The zero-order valence-electron chi connectivity index (χ0n) is 26.8. The number of ether oxygens (including phenoxy) is 2. The van der Waals surface area contributed by atoms with Gasteiger partial charge in [0.05, 0.1) is 22.3 Å². The van der Waals surface area contributed by atoms with Crippen molar-refractivity contribution >= 4 is 113 Å². The highest BCUT2D eigenvalue weighted by Crippen LogP contribution is 2.42. The minimum atomic E-state index is -1.06. The molecule has 1 aliphatic heterocycles. The van der Waals surface area contributed by atoms with Gasteiger partial charge in [-0.25, -0.2) is 0 Å². The summed E-state index contributed by atoms with van der Waals surface area (Å²) < 4.78 is 10.7. The van der Waals surface area contributed by atoms with Crippen LogP contribution in [-0.2, 0) is 28.7 Å². The number of carbonyl (C=O) groups excluding carboxylic acids is 4. The number of nitrogens with one attached hydrogen (secondary N) is 1. The van der Waals surface area contributed by atoms with E-state index in [4.69, 9.17) is 33.9 Å². The van der Waals surface area contributed by atoms with E-state index in [9.17, 15) is 29.5 Å². The summed E-state index contributed by atoms with van der Waals surface area (Å²) in [6.45, 7) is 8.22. The Hall–Kier alpha value is -0.740. The van der Waals surface area contributed by atoms with Gasteiger partial charge < -0.3 is 19.9 Å². The summed E-state index contributed by atoms with van der Waals surface area (Å²) in [5.74, 6) is 1.72. The number of rotatable bonds is 22. The SMILES string of the molecule is CCSC(=S)SC(C)(CC(C)(C#N)CCC(=O)OCCSSCCOC(=O)CCCCC(=O)N1CCSC1=S)C(=O)NCC(C)O. The number of thiocarbonyl (C=S) groups is 2. The molecule has 0 saturated carbocycles. The standard InChI is InChI=1S/C29H45N3O7S7/c1-5-42-27(41)46-29(4,25(37)31-18-21(2)33)19-28(3,20-30)11-10-24(36)39-14-17-45-44-16-13-38-23(35)9-7-6-8-22(34)32-12-15-43-26(32)40/h21,33H,5-19H2,1-4H3,(H,31,37). The van der Waals surface area contributed by atoms with Crippen molar-refractivity contribution in [3.05, 3.63) is 0 Å². The molecule has 10 nitrogen and oxygen atoms in total. The average molecular weight is 772 g/mol. The molecular weight excluding hydrogens is 727 g/mol. The first-order valence-corrected chi connectivity index (χ1v) is 21.1. The van der Waals surface area contributed by atoms with Crippen LogP contribution in [0.1, 0.15) is 72.6 Å². The molecule has 0 aromatic heterocycles. The number of amides is 2. The zero-order valence-corrected chi connectivity index (χ0v) is 32.5. The highest BCUT2D eigenvalue weighted by Gasteiger charge is 2.43. The molecule has 3 unspecified atom stereocenters. The molecule has 0 aromatic carbocycles. The van der Waals surface area contributed by atoms with E-state index in [2.05, 4.69) is 11.4 Å². The predicted octanol–water partition coefficient (Wildman–Crippen LogP) is 5.60. The maximum Gasteiger partial charge on any atom is 0.305 e. The third-order valence-corrected chi connectivity index (χ3v) is 13.0. The van der Waals surface area contributed by atoms with Crippen LogP contribution in [0.15, 0.2) is 0 Å². The van der Waals surface area contributed by atoms with Crippen molar-refractivity contribution in [3.63, 3.8) is 0 Å². The van der Waals surface area contributed by atoms with E-state index in [0.29, 0.717) is 45.2 Å². The minimum absolute atomic E-state index is 0.0133. The van der Waals surface area contributed by atoms with Crippen molar-refractivity contribution < 1.29 is 33.8 Å². The average Bonchev–Trinajstić information content (AvgIpc) is 3.44. The fourth-order valence-corrected chi connectivity index (χ4v) is 10.3. The van der Waals surface area contributed by atoms with Gasteiger partial charge in [0, 0.05) is 49.6 Å². The molecule has 17 heteroatoms. The maximum atomic E-state index is 13.1. The Morgan fingerprint density at radius 2 is 1.72 bits per heavy atom. The quantitative estimate of drug-likeness (QED) is 0.0609. The Labute approximate surface area is 304 Å².